The largest absolute Gasteiger partial charge is 0.328 e. The van der Waals surface area contributed by atoms with Crippen LogP contribution in [0, 0.1) is 12.7 Å². The van der Waals surface area contributed by atoms with Crippen molar-refractivity contribution in [2.75, 3.05) is 4.72 Å². The van der Waals surface area contributed by atoms with E-state index < -0.39 is 15.8 Å². The lowest BCUT2D eigenvalue weighted by Crippen LogP contribution is -2.13. The van der Waals surface area contributed by atoms with E-state index in [9.17, 15) is 12.8 Å². The first-order valence-corrected chi connectivity index (χ1v) is 9.02. The molecule has 0 spiro atoms. The van der Waals surface area contributed by atoms with Crippen LogP contribution < -0.4 is 4.72 Å². The molecule has 0 radical (unpaired) electrons. The number of fused-ring (bicyclic) bond motifs is 1. The molecule has 0 aliphatic heterocycles. The molecular formula is C17H18FN3O2S. The van der Waals surface area contributed by atoms with E-state index >= 15 is 0 Å². The molecule has 3 aromatic rings. The molecule has 0 unspecified atom stereocenters. The lowest BCUT2D eigenvalue weighted by molar-refractivity contribution is 0.598. The van der Waals surface area contributed by atoms with Gasteiger partial charge in [0.2, 0.25) is 0 Å². The van der Waals surface area contributed by atoms with Gasteiger partial charge in [-0.3, -0.25) is 4.72 Å². The lowest BCUT2D eigenvalue weighted by Gasteiger charge is -2.10. The average Bonchev–Trinajstić information content (AvgIpc) is 2.92. The van der Waals surface area contributed by atoms with E-state index in [4.69, 9.17) is 0 Å². The Kier molecular flexibility index (Phi) is 4.04. The molecule has 1 aromatic heterocycles. The molecule has 0 bridgehead atoms. The molecular weight excluding hydrogens is 329 g/mol. The highest BCUT2D eigenvalue weighted by molar-refractivity contribution is 7.92. The molecule has 0 saturated heterocycles. The second-order valence-electron chi connectivity index (χ2n) is 5.97. The van der Waals surface area contributed by atoms with Crippen LogP contribution in [0.15, 0.2) is 47.6 Å². The van der Waals surface area contributed by atoms with Gasteiger partial charge in [0.25, 0.3) is 10.0 Å². The standard InChI is InChI=1S/C17H18FN3O2S/c1-11(2)21-10-19-16-9-13(4-7-17(16)21)20-24(22,23)14-5-6-15(18)12(3)8-14/h4-11,20H,1-3H3. The molecule has 3 rings (SSSR count). The molecule has 1 N–H and O–H groups in total. The van der Waals surface area contributed by atoms with Gasteiger partial charge in [0.15, 0.2) is 0 Å². The van der Waals surface area contributed by atoms with Crippen molar-refractivity contribution in [2.24, 2.45) is 0 Å². The quantitative estimate of drug-likeness (QED) is 0.779. The smallest absolute Gasteiger partial charge is 0.261 e. The molecule has 7 heteroatoms. The Morgan fingerprint density at radius 3 is 2.58 bits per heavy atom. The molecule has 0 aliphatic rings. The maximum atomic E-state index is 13.3. The summed E-state index contributed by atoms with van der Waals surface area (Å²) in [6, 6.07) is 9.17. The maximum absolute atomic E-state index is 13.3. The third-order valence-electron chi connectivity index (χ3n) is 3.82. The van der Waals surface area contributed by atoms with Gasteiger partial charge in [-0.1, -0.05) is 0 Å². The van der Waals surface area contributed by atoms with Crippen molar-refractivity contribution in [2.45, 2.75) is 31.7 Å². The van der Waals surface area contributed by atoms with Crippen LogP contribution in [0.4, 0.5) is 10.1 Å². The predicted molar refractivity (Wildman–Crippen MR) is 92.1 cm³/mol. The van der Waals surface area contributed by atoms with E-state index in [0.717, 1.165) is 11.6 Å². The third kappa shape index (κ3) is 2.99. The normalized spacial score (nSPS) is 12.0. The highest BCUT2D eigenvalue weighted by atomic mass is 32.2. The van der Waals surface area contributed by atoms with E-state index in [1.807, 2.05) is 10.6 Å². The van der Waals surface area contributed by atoms with Crippen LogP contribution in [0.1, 0.15) is 25.5 Å². The summed E-state index contributed by atoms with van der Waals surface area (Å²) in [7, 11) is -3.78. The van der Waals surface area contributed by atoms with Crippen molar-refractivity contribution in [1.82, 2.24) is 9.55 Å². The summed E-state index contributed by atoms with van der Waals surface area (Å²) in [6.07, 6.45) is 1.73. The minimum atomic E-state index is -3.78. The maximum Gasteiger partial charge on any atom is 0.261 e. The number of imidazole rings is 1. The van der Waals surface area contributed by atoms with E-state index in [2.05, 4.69) is 23.6 Å². The minimum absolute atomic E-state index is 0.0224. The van der Waals surface area contributed by atoms with Crippen molar-refractivity contribution in [3.05, 3.63) is 54.1 Å². The van der Waals surface area contributed by atoms with Gasteiger partial charge in [0.1, 0.15) is 5.82 Å². The van der Waals surface area contributed by atoms with Gasteiger partial charge in [-0.05, 0) is 62.7 Å². The molecule has 0 fully saturated rings. The Morgan fingerprint density at radius 1 is 1.17 bits per heavy atom. The topological polar surface area (TPSA) is 64.0 Å². The molecule has 1 heterocycles. The Hall–Kier alpha value is -2.41. The van der Waals surface area contributed by atoms with Gasteiger partial charge in [-0.15, -0.1) is 0 Å². The zero-order chi connectivity index (χ0) is 17.5. The second kappa shape index (κ2) is 5.90. The summed E-state index contributed by atoms with van der Waals surface area (Å²) in [5.41, 5.74) is 2.34. The fourth-order valence-corrected chi connectivity index (χ4v) is 3.64. The summed E-state index contributed by atoms with van der Waals surface area (Å²) in [5.74, 6) is -0.436. The van der Waals surface area contributed by atoms with Crippen LogP contribution in [-0.2, 0) is 10.0 Å². The number of anilines is 1. The molecule has 0 aliphatic carbocycles. The summed E-state index contributed by atoms with van der Waals surface area (Å²) < 4.78 is 42.8. The molecule has 5 nitrogen and oxygen atoms in total. The number of nitrogens with zero attached hydrogens (tertiary/aromatic N) is 2. The fourth-order valence-electron chi connectivity index (χ4n) is 2.51. The van der Waals surface area contributed by atoms with Crippen molar-refractivity contribution < 1.29 is 12.8 Å². The summed E-state index contributed by atoms with van der Waals surface area (Å²) in [5, 5.41) is 0. The molecule has 24 heavy (non-hydrogen) atoms. The first-order chi connectivity index (χ1) is 11.3. The van der Waals surface area contributed by atoms with Gasteiger partial charge in [0.05, 0.1) is 27.9 Å². The van der Waals surface area contributed by atoms with Gasteiger partial charge < -0.3 is 4.57 Å². The number of halogens is 1. The second-order valence-corrected chi connectivity index (χ2v) is 7.65. The number of sulfonamides is 1. The number of rotatable bonds is 4. The molecule has 0 saturated carbocycles. The van der Waals surface area contributed by atoms with E-state index in [1.54, 1.807) is 18.5 Å². The highest BCUT2D eigenvalue weighted by Crippen LogP contribution is 2.23. The van der Waals surface area contributed by atoms with Crippen LogP contribution in [0.5, 0.6) is 0 Å². The number of nitrogens with one attached hydrogen (secondary N) is 1. The summed E-state index contributed by atoms with van der Waals surface area (Å²) in [6.45, 7) is 5.63. The number of hydrogen-bond donors (Lipinski definition) is 1. The van der Waals surface area contributed by atoms with Crippen molar-refractivity contribution >= 4 is 26.7 Å². The Bertz CT molecular complexity index is 1010. The van der Waals surface area contributed by atoms with Crippen LogP contribution in [0.2, 0.25) is 0 Å². The zero-order valence-electron chi connectivity index (χ0n) is 13.6. The molecule has 126 valence electrons. The Balaban J connectivity index is 1.95. The predicted octanol–water partition coefficient (Wildman–Crippen LogP) is 3.87. The van der Waals surface area contributed by atoms with Crippen molar-refractivity contribution in [3.63, 3.8) is 0 Å². The fraction of sp³-hybridized carbons (Fsp3) is 0.235. The Labute approximate surface area is 140 Å². The first kappa shape index (κ1) is 16.4. The van der Waals surface area contributed by atoms with Gasteiger partial charge in [-0.2, -0.15) is 0 Å². The molecule has 2 aromatic carbocycles. The monoisotopic (exact) mass is 347 g/mol. The summed E-state index contributed by atoms with van der Waals surface area (Å²) >= 11 is 0. The third-order valence-corrected chi connectivity index (χ3v) is 5.20. The van der Waals surface area contributed by atoms with Crippen LogP contribution in [0.25, 0.3) is 11.0 Å². The van der Waals surface area contributed by atoms with E-state index in [1.165, 1.54) is 19.1 Å². The lowest BCUT2D eigenvalue weighted by atomic mass is 10.2. The number of aromatic nitrogens is 2. The number of aryl methyl sites for hydroxylation is 1. The van der Waals surface area contributed by atoms with Gasteiger partial charge in [-0.25, -0.2) is 17.8 Å². The SMILES string of the molecule is Cc1cc(S(=O)(=O)Nc2ccc3c(c2)ncn3C(C)C)ccc1F. The minimum Gasteiger partial charge on any atom is -0.328 e. The zero-order valence-corrected chi connectivity index (χ0v) is 14.4. The summed E-state index contributed by atoms with van der Waals surface area (Å²) in [4.78, 5) is 4.33. The number of benzene rings is 2. The van der Waals surface area contributed by atoms with E-state index in [-0.39, 0.29) is 16.5 Å². The molecule has 0 atom stereocenters. The van der Waals surface area contributed by atoms with Gasteiger partial charge >= 0.3 is 0 Å². The van der Waals surface area contributed by atoms with Crippen LogP contribution in [-0.4, -0.2) is 18.0 Å². The number of hydrogen-bond acceptors (Lipinski definition) is 3. The highest BCUT2D eigenvalue weighted by Gasteiger charge is 2.16. The first-order valence-electron chi connectivity index (χ1n) is 7.53. The molecule has 0 amide bonds. The van der Waals surface area contributed by atoms with Gasteiger partial charge in [0, 0.05) is 6.04 Å². The Morgan fingerprint density at radius 2 is 1.92 bits per heavy atom. The van der Waals surface area contributed by atoms with Crippen LogP contribution in [0.3, 0.4) is 0 Å². The van der Waals surface area contributed by atoms with Crippen molar-refractivity contribution in [3.8, 4) is 0 Å². The average molecular weight is 347 g/mol. The van der Waals surface area contributed by atoms with Crippen LogP contribution >= 0.6 is 0 Å². The van der Waals surface area contributed by atoms with E-state index in [0.29, 0.717) is 11.2 Å². The van der Waals surface area contributed by atoms with Crippen molar-refractivity contribution in [1.29, 1.82) is 0 Å².